The zero-order chi connectivity index (χ0) is 10.0. The Kier molecular flexibility index (Phi) is 2.27. The minimum Gasteiger partial charge on any atom is -0.504 e. The second-order valence-corrected chi connectivity index (χ2v) is 2.33. The van der Waals surface area contributed by atoms with Crippen molar-refractivity contribution in [3.05, 3.63) is 40.2 Å². The lowest BCUT2D eigenvalue weighted by atomic mass is 10.1. The van der Waals surface area contributed by atoms with Crippen molar-refractivity contribution >= 4 is 11.8 Å². The summed E-state index contributed by atoms with van der Waals surface area (Å²) in [5.41, 5.74) is -0.406. The maximum atomic E-state index is 12.8. The van der Waals surface area contributed by atoms with Crippen LogP contribution in [0.25, 0.3) is 6.08 Å². The summed E-state index contributed by atoms with van der Waals surface area (Å²) in [4.78, 5) is 9.52. The summed E-state index contributed by atoms with van der Waals surface area (Å²) in [6, 6.07) is 1.70. The topological polar surface area (TPSA) is 63.4 Å². The van der Waals surface area contributed by atoms with Gasteiger partial charge in [-0.2, -0.15) is 0 Å². The van der Waals surface area contributed by atoms with Gasteiger partial charge in [0.05, 0.1) is 11.0 Å². The van der Waals surface area contributed by atoms with Crippen molar-refractivity contribution in [2.75, 3.05) is 0 Å². The van der Waals surface area contributed by atoms with Gasteiger partial charge in [-0.3, -0.25) is 10.1 Å². The highest BCUT2D eigenvalue weighted by Crippen LogP contribution is 2.27. The third kappa shape index (κ3) is 1.64. The minimum absolute atomic E-state index is 0.00620. The van der Waals surface area contributed by atoms with E-state index in [4.69, 9.17) is 5.11 Å². The number of rotatable bonds is 2. The summed E-state index contributed by atoms with van der Waals surface area (Å²) in [5.74, 6) is -1.65. The third-order valence-electron chi connectivity index (χ3n) is 1.51. The predicted octanol–water partition coefficient (Wildman–Crippen LogP) is 2.08. The summed E-state index contributed by atoms with van der Waals surface area (Å²) in [6.07, 6.45) is 1.14. The Labute approximate surface area is 73.1 Å². The highest BCUT2D eigenvalue weighted by Gasteiger charge is 2.13. The van der Waals surface area contributed by atoms with Gasteiger partial charge in [-0.1, -0.05) is 12.7 Å². The number of halogens is 1. The van der Waals surface area contributed by atoms with E-state index in [1.54, 1.807) is 0 Å². The van der Waals surface area contributed by atoms with E-state index >= 15 is 0 Å². The van der Waals surface area contributed by atoms with Crippen LogP contribution in [-0.2, 0) is 0 Å². The highest BCUT2D eigenvalue weighted by molar-refractivity contribution is 5.59. The summed E-state index contributed by atoms with van der Waals surface area (Å²) in [5, 5.41) is 19.3. The number of nitro groups is 1. The number of hydrogen-bond acceptors (Lipinski definition) is 3. The molecular formula is C8H6FNO3. The van der Waals surface area contributed by atoms with E-state index in [0.29, 0.717) is 6.07 Å². The molecule has 13 heavy (non-hydrogen) atoms. The van der Waals surface area contributed by atoms with Gasteiger partial charge in [0.25, 0.3) is 5.69 Å². The van der Waals surface area contributed by atoms with Crippen molar-refractivity contribution in [3.8, 4) is 5.75 Å². The monoisotopic (exact) mass is 183 g/mol. The molecule has 0 aromatic heterocycles. The zero-order valence-electron chi connectivity index (χ0n) is 6.53. The van der Waals surface area contributed by atoms with Gasteiger partial charge < -0.3 is 5.11 Å². The van der Waals surface area contributed by atoms with Crippen LogP contribution in [0.1, 0.15) is 5.56 Å². The van der Waals surface area contributed by atoms with E-state index in [2.05, 4.69) is 6.58 Å². The van der Waals surface area contributed by atoms with Gasteiger partial charge in [-0.25, -0.2) is 4.39 Å². The Morgan fingerprint density at radius 1 is 1.62 bits per heavy atom. The Morgan fingerprint density at radius 3 is 2.69 bits per heavy atom. The molecule has 0 saturated heterocycles. The van der Waals surface area contributed by atoms with Crippen molar-refractivity contribution in [1.29, 1.82) is 0 Å². The van der Waals surface area contributed by atoms with Crippen molar-refractivity contribution < 1.29 is 14.4 Å². The van der Waals surface area contributed by atoms with E-state index in [0.717, 1.165) is 12.1 Å². The molecule has 1 aromatic rings. The molecule has 1 N–H and O–H groups in total. The Hall–Kier alpha value is -1.91. The Bertz CT molecular complexity index is 376. The van der Waals surface area contributed by atoms with E-state index in [1.165, 1.54) is 0 Å². The van der Waals surface area contributed by atoms with Crippen LogP contribution in [0.2, 0.25) is 0 Å². The van der Waals surface area contributed by atoms with Gasteiger partial charge in [0, 0.05) is 11.6 Å². The standard InChI is InChI=1S/C8H6FNO3/c1-2-5-3-6(10(12)13)4-7(9)8(5)11/h2-4,11H,1H2. The molecule has 0 saturated carbocycles. The number of non-ortho nitro benzene ring substituents is 1. The van der Waals surface area contributed by atoms with Gasteiger partial charge in [0.15, 0.2) is 11.6 Å². The second-order valence-electron chi connectivity index (χ2n) is 2.33. The summed E-state index contributed by atoms with van der Waals surface area (Å²) < 4.78 is 12.8. The number of benzene rings is 1. The SMILES string of the molecule is C=Cc1cc([N+](=O)[O-])cc(F)c1O. The maximum Gasteiger partial charge on any atom is 0.273 e. The smallest absolute Gasteiger partial charge is 0.273 e. The fourth-order valence-corrected chi connectivity index (χ4v) is 0.866. The molecule has 68 valence electrons. The molecule has 0 bridgehead atoms. The van der Waals surface area contributed by atoms with Crippen LogP contribution < -0.4 is 0 Å². The van der Waals surface area contributed by atoms with Gasteiger partial charge in [-0.05, 0) is 0 Å². The first-order valence-electron chi connectivity index (χ1n) is 3.35. The van der Waals surface area contributed by atoms with Crippen molar-refractivity contribution in [2.45, 2.75) is 0 Å². The quantitative estimate of drug-likeness (QED) is 0.563. The Morgan fingerprint density at radius 2 is 2.23 bits per heavy atom. The largest absolute Gasteiger partial charge is 0.504 e. The number of phenols is 1. The molecule has 5 heteroatoms. The fraction of sp³-hybridized carbons (Fsp3) is 0. The number of nitrogens with zero attached hydrogens (tertiary/aromatic N) is 1. The normalized spacial score (nSPS) is 9.62. The lowest BCUT2D eigenvalue weighted by Crippen LogP contribution is -1.91. The van der Waals surface area contributed by atoms with Crippen LogP contribution in [-0.4, -0.2) is 10.0 Å². The van der Waals surface area contributed by atoms with Gasteiger partial charge >= 0.3 is 0 Å². The van der Waals surface area contributed by atoms with Gasteiger partial charge in [0.2, 0.25) is 0 Å². The van der Waals surface area contributed by atoms with Crippen LogP contribution in [0.15, 0.2) is 18.7 Å². The lowest BCUT2D eigenvalue weighted by molar-refractivity contribution is -0.385. The van der Waals surface area contributed by atoms with E-state index < -0.39 is 22.2 Å². The fourth-order valence-electron chi connectivity index (χ4n) is 0.866. The van der Waals surface area contributed by atoms with Crippen LogP contribution in [0.3, 0.4) is 0 Å². The van der Waals surface area contributed by atoms with Crippen LogP contribution in [0.4, 0.5) is 10.1 Å². The number of hydrogen-bond donors (Lipinski definition) is 1. The van der Waals surface area contributed by atoms with Crippen molar-refractivity contribution in [1.82, 2.24) is 0 Å². The van der Waals surface area contributed by atoms with Gasteiger partial charge in [0.1, 0.15) is 0 Å². The molecule has 0 spiro atoms. The molecule has 0 fully saturated rings. The summed E-state index contributed by atoms with van der Waals surface area (Å²) in [6.45, 7) is 3.28. The molecule has 0 heterocycles. The molecule has 0 aliphatic heterocycles. The van der Waals surface area contributed by atoms with Gasteiger partial charge in [-0.15, -0.1) is 0 Å². The molecule has 0 aliphatic carbocycles. The number of aromatic hydroxyl groups is 1. The first kappa shape index (κ1) is 9.18. The minimum atomic E-state index is -1.02. The molecule has 0 amide bonds. The van der Waals surface area contributed by atoms with Crippen molar-refractivity contribution in [2.24, 2.45) is 0 Å². The van der Waals surface area contributed by atoms with Crippen LogP contribution in [0.5, 0.6) is 5.75 Å². The molecule has 1 aromatic carbocycles. The third-order valence-corrected chi connectivity index (χ3v) is 1.51. The molecule has 0 radical (unpaired) electrons. The second kappa shape index (κ2) is 3.22. The molecule has 1 rings (SSSR count). The summed E-state index contributed by atoms with van der Waals surface area (Å²) >= 11 is 0. The van der Waals surface area contributed by atoms with Crippen LogP contribution in [0, 0.1) is 15.9 Å². The maximum absolute atomic E-state index is 12.8. The van der Waals surface area contributed by atoms with Crippen LogP contribution >= 0.6 is 0 Å². The number of phenolic OH excluding ortho intramolecular Hbond substituents is 1. The molecular weight excluding hydrogens is 177 g/mol. The average molecular weight is 183 g/mol. The molecule has 0 atom stereocenters. The first-order chi connectivity index (χ1) is 6.06. The predicted molar refractivity (Wildman–Crippen MR) is 44.8 cm³/mol. The van der Waals surface area contributed by atoms with E-state index in [-0.39, 0.29) is 5.56 Å². The van der Waals surface area contributed by atoms with E-state index in [1.807, 2.05) is 0 Å². The molecule has 0 unspecified atom stereocenters. The number of nitro benzene ring substituents is 1. The summed E-state index contributed by atoms with van der Waals surface area (Å²) in [7, 11) is 0. The highest BCUT2D eigenvalue weighted by atomic mass is 19.1. The molecule has 4 nitrogen and oxygen atoms in total. The molecule has 0 aliphatic rings. The first-order valence-corrected chi connectivity index (χ1v) is 3.35. The zero-order valence-corrected chi connectivity index (χ0v) is 6.53. The Balaban J connectivity index is 3.38. The van der Waals surface area contributed by atoms with Crippen molar-refractivity contribution in [3.63, 3.8) is 0 Å². The average Bonchev–Trinajstić information content (AvgIpc) is 2.09. The lowest BCUT2D eigenvalue weighted by Gasteiger charge is -1.99. The van der Waals surface area contributed by atoms with E-state index in [9.17, 15) is 14.5 Å².